The molecule has 0 saturated heterocycles. The molecule has 4 rings (SSSR count). The molecule has 0 bridgehead atoms. The highest BCUT2D eigenvalue weighted by Crippen LogP contribution is 2.31. The summed E-state index contributed by atoms with van der Waals surface area (Å²) >= 11 is 0. The molecule has 0 spiro atoms. The van der Waals surface area contributed by atoms with Crippen molar-refractivity contribution in [1.82, 2.24) is 9.97 Å². The number of halogens is 3. The van der Waals surface area contributed by atoms with Gasteiger partial charge in [-0.25, -0.2) is 9.97 Å². The van der Waals surface area contributed by atoms with E-state index in [-0.39, 0.29) is 0 Å². The number of fused-ring (bicyclic) bond motifs is 1. The van der Waals surface area contributed by atoms with Crippen LogP contribution in [0.2, 0.25) is 0 Å². The standard InChI is InChI=1S/C23H18F3N3/c24-23(25,26)18-9-11-19(12-10-18)29-22-20-13-8-17(14-21(20)27-15-28-22)16-6-4-2-1-3-5-7-16/h1-4,6,8-15H,5,7H2,(H,27,28,29)/b3-1-,4-2-,16-6+. The fourth-order valence-electron chi connectivity index (χ4n) is 3.21. The lowest BCUT2D eigenvalue weighted by Crippen LogP contribution is -2.04. The molecule has 1 aliphatic rings. The van der Waals surface area contributed by atoms with E-state index in [1.54, 1.807) is 0 Å². The molecule has 1 N–H and O–H groups in total. The first-order valence-electron chi connectivity index (χ1n) is 9.22. The Morgan fingerprint density at radius 2 is 1.72 bits per heavy atom. The molecule has 1 aromatic heterocycles. The minimum Gasteiger partial charge on any atom is -0.340 e. The second-order valence-electron chi connectivity index (χ2n) is 6.70. The van der Waals surface area contributed by atoms with E-state index in [4.69, 9.17) is 0 Å². The molecule has 0 atom stereocenters. The van der Waals surface area contributed by atoms with Gasteiger partial charge in [-0.15, -0.1) is 0 Å². The molecule has 0 aliphatic heterocycles. The Hall–Kier alpha value is -3.41. The summed E-state index contributed by atoms with van der Waals surface area (Å²) in [5, 5.41) is 3.89. The van der Waals surface area contributed by atoms with Crippen molar-refractivity contribution >= 4 is 28.0 Å². The van der Waals surface area contributed by atoms with Crippen LogP contribution in [0.15, 0.2) is 79.2 Å². The number of rotatable bonds is 3. The molecule has 146 valence electrons. The van der Waals surface area contributed by atoms with Crippen molar-refractivity contribution in [3.05, 3.63) is 90.3 Å². The zero-order valence-electron chi connectivity index (χ0n) is 15.4. The van der Waals surface area contributed by atoms with Gasteiger partial charge >= 0.3 is 6.18 Å². The lowest BCUT2D eigenvalue weighted by molar-refractivity contribution is -0.137. The summed E-state index contributed by atoms with van der Waals surface area (Å²) in [6, 6.07) is 10.9. The highest BCUT2D eigenvalue weighted by molar-refractivity contribution is 5.92. The average Bonchev–Trinajstić information content (AvgIpc) is 2.67. The molecular weight excluding hydrogens is 375 g/mol. The predicted molar refractivity (Wildman–Crippen MR) is 110 cm³/mol. The van der Waals surface area contributed by atoms with Crippen LogP contribution in [0.5, 0.6) is 0 Å². The van der Waals surface area contributed by atoms with Gasteiger partial charge in [0.05, 0.1) is 11.1 Å². The Labute approximate surface area is 166 Å². The number of benzene rings is 2. The minimum absolute atomic E-state index is 0.529. The SMILES string of the molecule is FC(F)(F)c1ccc(Nc2ncnc3cc(/C4=C/C=C\C=C/CC4)ccc23)cc1. The molecule has 6 heteroatoms. The lowest BCUT2D eigenvalue weighted by atomic mass is 9.98. The van der Waals surface area contributed by atoms with Crippen LogP contribution in [0.3, 0.4) is 0 Å². The number of nitrogens with one attached hydrogen (secondary N) is 1. The van der Waals surface area contributed by atoms with Gasteiger partial charge in [0, 0.05) is 11.1 Å². The molecule has 0 radical (unpaired) electrons. The Morgan fingerprint density at radius 3 is 2.52 bits per heavy atom. The number of anilines is 2. The molecule has 29 heavy (non-hydrogen) atoms. The van der Waals surface area contributed by atoms with E-state index in [0.29, 0.717) is 11.5 Å². The van der Waals surface area contributed by atoms with Crippen LogP contribution in [-0.4, -0.2) is 9.97 Å². The number of aromatic nitrogens is 2. The van der Waals surface area contributed by atoms with E-state index in [1.165, 1.54) is 24.0 Å². The predicted octanol–water partition coefficient (Wildman–Crippen LogP) is 6.68. The fourth-order valence-corrected chi connectivity index (χ4v) is 3.21. The van der Waals surface area contributed by atoms with Gasteiger partial charge in [0.1, 0.15) is 12.1 Å². The van der Waals surface area contributed by atoms with Crippen LogP contribution in [0.25, 0.3) is 16.5 Å². The monoisotopic (exact) mass is 393 g/mol. The van der Waals surface area contributed by atoms with Crippen molar-refractivity contribution in [1.29, 1.82) is 0 Å². The Bertz CT molecular complexity index is 1110. The van der Waals surface area contributed by atoms with Gasteiger partial charge in [-0.2, -0.15) is 13.2 Å². The normalized spacial score (nSPS) is 18.4. The van der Waals surface area contributed by atoms with Crippen molar-refractivity contribution in [3.8, 4) is 0 Å². The highest BCUT2D eigenvalue weighted by atomic mass is 19.4. The Balaban J connectivity index is 1.63. The van der Waals surface area contributed by atoms with Crippen molar-refractivity contribution < 1.29 is 13.2 Å². The van der Waals surface area contributed by atoms with E-state index in [1.807, 2.05) is 36.4 Å². The third-order valence-corrected chi connectivity index (χ3v) is 4.72. The maximum absolute atomic E-state index is 12.7. The summed E-state index contributed by atoms with van der Waals surface area (Å²) in [6.07, 6.45) is 9.32. The minimum atomic E-state index is -4.35. The van der Waals surface area contributed by atoms with Crippen molar-refractivity contribution in [3.63, 3.8) is 0 Å². The first-order valence-corrected chi connectivity index (χ1v) is 9.22. The molecule has 0 amide bonds. The van der Waals surface area contributed by atoms with E-state index in [9.17, 15) is 13.2 Å². The first kappa shape index (κ1) is 18.9. The van der Waals surface area contributed by atoms with E-state index >= 15 is 0 Å². The van der Waals surface area contributed by atoms with Crippen molar-refractivity contribution in [2.75, 3.05) is 5.32 Å². The summed E-state index contributed by atoms with van der Waals surface area (Å²) in [5.41, 5.74) is 2.94. The number of hydrogen-bond donors (Lipinski definition) is 1. The Kier molecular flexibility index (Phi) is 5.16. The molecule has 0 saturated carbocycles. The second-order valence-corrected chi connectivity index (χ2v) is 6.70. The van der Waals surface area contributed by atoms with Gasteiger partial charge in [0.15, 0.2) is 0 Å². The van der Waals surface area contributed by atoms with E-state index < -0.39 is 11.7 Å². The third-order valence-electron chi connectivity index (χ3n) is 4.72. The molecule has 0 fully saturated rings. The summed E-state index contributed by atoms with van der Waals surface area (Å²) in [5.74, 6) is 0.552. The summed E-state index contributed by atoms with van der Waals surface area (Å²) < 4.78 is 38.2. The summed E-state index contributed by atoms with van der Waals surface area (Å²) in [6.45, 7) is 0. The van der Waals surface area contributed by atoms with Crippen molar-refractivity contribution in [2.24, 2.45) is 0 Å². The van der Waals surface area contributed by atoms with Gasteiger partial charge in [0.2, 0.25) is 0 Å². The van der Waals surface area contributed by atoms with Crippen molar-refractivity contribution in [2.45, 2.75) is 19.0 Å². The quantitative estimate of drug-likeness (QED) is 0.539. The zero-order chi connectivity index (χ0) is 20.3. The van der Waals surface area contributed by atoms with Gasteiger partial charge in [0.25, 0.3) is 0 Å². The number of alkyl halides is 3. The summed E-state index contributed by atoms with van der Waals surface area (Å²) in [7, 11) is 0. The van der Waals surface area contributed by atoms with E-state index in [0.717, 1.165) is 41.4 Å². The van der Waals surface area contributed by atoms with Crippen LogP contribution in [0.1, 0.15) is 24.0 Å². The maximum Gasteiger partial charge on any atom is 0.416 e. The zero-order valence-corrected chi connectivity index (χ0v) is 15.4. The highest BCUT2D eigenvalue weighted by Gasteiger charge is 2.29. The second kappa shape index (κ2) is 7.91. The van der Waals surface area contributed by atoms with Crippen LogP contribution in [-0.2, 0) is 6.18 Å². The lowest BCUT2D eigenvalue weighted by Gasteiger charge is -2.12. The number of allylic oxidation sites excluding steroid dienone is 6. The van der Waals surface area contributed by atoms with Gasteiger partial charge < -0.3 is 5.32 Å². The fraction of sp³-hybridized carbons (Fsp3) is 0.130. The third kappa shape index (κ3) is 4.37. The smallest absolute Gasteiger partial charge is 0.340 e. The van der Waals surface area contributed by atoms with Crippen LogP contribution in [0, 0.1) is 0 Å². The largest absolute Gasteiger partial charge is 0.416 e. The molecule has 1 aliphatic carbocycles. The van der Waals surface area contributed by atoms with Gasteiger partial charge in [-0.05, 0) is 60.4 Å². The molecular formula is C23H18F3N3. The van der Waals surface area contributed by atoms with Crippen LogP contribution in [0.4, 0.5) is 24.7 Å². The van der Waals surface area contributed by atoms with Crippen LogP contribution >= 0.6 is 0 Å². The molecule has 3 nitrogen and oxygen atoms in total. The Morgan fingerprint density at radius 1 is 0.897 bits per heavy atom. The first-order chi connectivity index (χ1) is 14.0. The molecule has 0 unspecified atom stereocenters. The summed E-state index contributed by atoms with van der Waals surface area (Å²) in [4.78, 5) is 8.63. The average molecular weight is 393 g/mol. The van der Waals surface area contributed by atoms with E-state index in [2.05, 4.69) is 27.4 Å². The van der Waals surface area contributed by atoms with Crippen LogP contribution < -0.4 is 5.32 Å². The molecule has 1 heterocycles. The molecule has 3 aromatic rings. The van der Waals surface area contributed by atoms with Gasteiger partial charge in [-0.1, -0.05) is 36.4 Å². The number of hydrogen-bond acceptors (Lipinski definition) is 3. The van der Waals surface area contributed by atoms with Gasteiger partial charge in [-0.3, -0.25) is 0 Å². The number of nitrogens with zero attached hydrogens (tertiary/aromatic N) is 2. The topological polar surface area (TPSA) is 37.8 Å². The maximum atomic E-state index is 12.7. The molecule has 2 aromatic carbocycles.